The fraction of sp³-hybridized carbons (Fsp3) is 0.125. The molecule has 0 unspecified atom stereocenters. The summed E-state index contributed by atoms with van der Waals surface area (Å²) in [4.78, 5) is 34.3. The maximum Gasteiger partial charge on any atom is 0.314 e. The summed E-state index contributed by atoms with van der Waals surface area (Å²) in [5.74, 6) is -2.00. The van der Waals surface area contributed by atoms with Crippen molar-refractivity contribution in [1.29, 1.82) is 0 Å². The quantitative estimate of drug-likeness (QED) is 0.474. The number of benzene rings is 2. The lowest BCUT2D eigenvalue weighted by Crippen LogP contribution is -2.29. The first-order valence-electron chi connectivity index (χ1n) is 7.02. The molecule has 0 heterocycles. The van der Waals surface area contributed by atoms with Crippen LogP contribution in [0.1, 0.15) is 11.1 Å². The van der Waals surface area contributed by atoms with Crippen molar-refractivity contribution >= 4 is 52.1 Å². The van der Waals surface area contributed by atoms with E-state index in [1.807, 2.05) is 6.92 Å². The molecule has 2 amide bonds. The summed E-state index contributed by atoms with van der Waals surface area (Å²) in [7, 11) is 0. The molecule has 25 heavy (non-hydrogen) atoms. The molecule has 7 nitrogen and oxygen atoms in total. The summed E-state index contributed by atoms with van der Waals surface area (Å²) in [6.45, 7) is 3.59. The lowest BCUT2D eigenvalue weighted by atomic mass is 10.1. The number of carbonyl (C=O) groups excluding carboxylic acids is 2. The van der Waals surface area contributed by atoms with Crippen molar-refractivity contribution in [2.45, 2.75) is 13.8 Å². The maximum absolute atomic E-state index is 12.1. The number of nitrogens with one attached hydrogen (secondary N) is 2. The molecule has 0 bridgehead atoms. The van der Waals surface area contributed by atoms with Crippen molar-refractivity contribution in [1.82, 2.24) is 0 Å². The van der Waals surface area contributed by atoms with E-state index in [2.05, 4.69) is 10.6 Å². The fourth-order valence-electron chi connectivity index (χ4n) is 2.15. The van der Waals surface area contributed by atoms with Gasteiger partial charge in [0.05, 0.1) is 26.3 Å². The highest BCUT2D eigenvalue weighted by molar-refractivity contribution is 6.46. The van der Waals surface area contributed by atoms with Gasteiger partial charge in [0.15, 0.2) is 0 Å². The van der Waals surface area contributed by atoms with Gasteiger partial charge >= 0.3 is 11.8 Å². The Labute approximate surface area is 153 Å². The zero-order chi connectivity index (χ0) is 18.7. The third-order valence-corrected chi connectivity index (χ3v) is 3.91. The minimum Gasteiger partial charge on any atom is -0.316 e. The molecular formula is C16H13Cl2N3O4. The van der Waals surface area contributed by atoms with Crippen LogP contribution in [0.4, 0.5) is 17.1 Å². The largest absolute Gasteiger partial charge is 0.316 e. The summed E-state index contributed by atoms with van der Waals surface area (Å²) in [6.07, 6.45) is 0. The number of nitro benzene ring substituents is 1. The molecule has 0 aliphatic carbocycles. The second-order valence-electron chi connectivity index (χ2n) is 5.27. The molecule has 0 aliphatic rings. The van der Waals surface area contributed by atoms with Crippen molar-refractivity contribution in [3.8, 4) is 0 Å². The number of anilines is 2. The Hall–Kier alpha value is -2.64. The molecular weight excluding hydrogens is 369 g/mol. The predicted molar refractivity (Wildman–Crippen MR) is 96.3 cm³/mol. The predicted octanol–water partition coefficient (Wildman–Crippen LogP) is 4.10. The second kappa shape index (κ2) is 7.50. The van der Waals surface area contributed by atoms with E-state index in [9.17, 15) is 19.7 Å². The molecule has 130 valence electrons. The van der Waals surface area contributed by atoms with E-state index < -0.39 is 16.7 Å². The van der Waals surface area contributed by atoms with Gasteiger partial charge in [-0.3, -0.25) is 19.7 Å². The highest BCUT2D eigenvalue weighted by atomic mass is 35.5. The standard InChI is InChI=1S/C16H13Cl2N3O4/c1-8-5-9(2)14(12(18)6-8)20-16(23)15(22)19-13-7-10(21(24)25)3-4-11(13)17/h3-7H,1-2H3,(H,19,22)(H,20,23). The van der Waals surface area contributed by atoms with Crippen molar-refractivity contribution in [2.75, 3.05) is 10.6 Å². The normalized spacial score (nSPS) is 10.2. The van der Waals surface area contributed by atoms with Crippen LogP contribution in [0.25, 0.3) is 0 Å². The van der Waals surface area contributed by atoms with E-state index >= 15 is 0 Å². The van der Waals surface area contributed by atoms with E-state index in [1.54, 1.807) is 19.1 Å². The van der Waals surface area contributed by atoms with E-state index in [0.29, 0.717) is 16.3 Å². The average molecular weight is 382 g/mol. The van der Waals surface area contributed by atoms with Crippen LogP contribution in [0.5, 0.6) is 0 Å². The van der Waals surface area contributed by atoms with Crippen molar-refractivity contribution in [3.63, 3.8) is 0 Å². The van der Waals surface area contributed by atoms with Crippen LogP contribution in [-0.2, 0) is 9.59 Å². The van der Waals surface area contributed by atoms with Crippen LogP contribution in [0.15, 0.2) is 30.3 Å². The van der Waals surface area contributed by atoms with Crippen LogP contribution >= 0.6 is 23.2 Å². The average Bonchev–Trinajstić information content (AvgIpc) is 2.52. The van der Waals surface area contributed by atoms with E-state index in [1.165, 1.54) is 12.1 Å². The molecule has 0 atom stereocenters. The van der Waals surface area contributed by atoms with E-state index in [-0.39, 0.29) is 16.4 Å². The van der Waals surface area contributed by atoms with Crippen LogP contribution in [0.2, 0.25) is 10.0 Å². The van der Waals surface area contributed by atoms with Crippen molar-refractivity contribution < 1.29 is 14.5 Å². The van der Waals surface area contributed by atoms with Gasteiger partial charge in [0, 0.05) is 12.1 Å². The van der Waals surface area contributed by atoms with Crippen molar-refractivity contribution in [3.05, 3.63) is 61.6 Å². The van der Waals surface area contributed by atoms with Gasteiger partial charge in [-0.1, -0.05) is 29.3 Å². The molecule has 0 spiro atoms. The Morgan fingerprint density at radius 1 is 1.00 bits per heavy atom. The lowest BCUT2D eigenvalue weighted by molar-refractivity contribution is -0.384. The van der Waals surface area contributed by atoms with Gasteiger partial charge in [0.1, 0.15) is 0 Å². The summed E-state index contributed by atoms with van der Waals surface area (Å²) in [5, 5.41) is 15.8. The van der Waals surface area contributed by atoms with Crippen molar-refractivity contribution in [2.24, 2.45) is 0 Å². The molecule has 0 aliphatic heterocycles. The highest BCUT2D eigenvalue weighted by Gasteiger charge is 2.19. The molecule has 0 saturated heterocycles. The number of aryl methyl sites for hydroxylation is 2. The van der Waals surface area contributed by atoms with Gasteiger partial charge in [-0.25, -0.2) is 0 Å². The van der Waals surface area contributed by atoms with Gasteiger partial charge in [-0.2, -0.15) is 0 Å². The Kier molecular flexibility index (Phi) is 5.61. The number of carbonyl (C=O) groups is 2. The molecule has 0 radical (unpaired) electrons. The van der Waals surface area contributed by atoms with Gasteiger partial charge in [0.2, 0.25) is 0 Å². The SMILES string of the molecule is Cc1cc(C)c(NC(=O)C(=O)Nc2cc([N+](=O)[O-])ccc2Cl)c(Cl)c1. The lowest BCUT2D eigenvalue weighted by Gasteiger charge is -2.12. The number of hydrogen-bond acceptors (Lipinski definition) is 4. The zero-order valence-electron chi connectivity index (χ0n) is 13.2. The first-order chi connectivity index (χ1) is 11.7. The third-order valence-electron chi connectivity index (χ3n) is 3.29. The maximum atomic E-state index is 12.1. The Bertz CT molecular complexity index is 861. The van der Waals surface area contributed by atoms with Gasteiger partial charge in [0.25, 0.3) is 5.69 Å². The topological polar surface area (TPSA) is 101 Å². The summed E-state index contributed by atoms with van der Waals surface area (Å²) < 4.78 is 0. The smallest absolute Gasteiger partial charge is 0.314 e. The molecule has 2 rings (SSSR count). The van der Waals surface area contributed by atoms with Crippen LogP contribution < -0.4 is 10.6 Å². The molecule has 0 aromatic heterocycles. The number of hydrogen-bond donors (Lipinski definition) is 2. The Morgan fingerprint density at radius 2 is 1.64 bits per heavy atom. The fourth-order valence-corrected chi connectivity index (χ4v) is 2.68. The number of halogens is 2. The van der Waals surface area contributed by atoms with Crippen LogP contribution in [-0.4, -0.2) is 16.7 Å². The number of nitro groups is 1. The number of amides is 2. The monoisotopic (exact) mass is 381 g/mol. The first-order valence-corrected chi connectivity index (χ1v) is 7.77. The molecule has 2 aromatic rings. The second-order valence-corrected chi connectivity index (χ2v) is 6.08. The number of rotatable bonds is 3. The Morgan fingerprint density at radius 3 is 2.24 bits per heavy atom. The van der Waals surface area contributed by atoms with Gasteiger partial charge in [-0.15, -0.1) is 0 Å². The first kappa shape index (κ1) is 18.7. The third kappa shape index (κ3) is 4.46. The summed E-state index contributed by atoms with van der Waals surface area (Å²) in [6, 6.07) is 6.97. The van der Waals surface area contributed by atoms with E-state index in [4.69, 9.17) is 23.2 Å². The summed E-state index contributed by atoms with van der Waals surface area (Å²) in [5.41, 5.74) is 1.62. The highest BCUT2D eigenvalue weighted by Crippen LogP contribution is 2.28. The molecule has 9 heteroatoms. The number of nitrogens with zero attached hydrogens (tertiary/aromatic N) is 1. The molecule has 0 saturated carbocycles. The van der Waals surface area contributed by atoms with Gasteiger partial charge in [-0.05, 0) is 37.1 Å². The molecule has 0 fully saturated rings. The Balaban J connectivity index is 2.18. The number of non-ortho nitro benzene ring substituents is 1. The minimum absolute atomic E-state index is 0.0391. The molecule has 2 N–H and O–H groups in total. The van der Waals surface area contributed by atoms with E-state index in [0.717, 1.165) is 11.6 Å². The minimum atomic E-state index is -1.03. The van der Waals surface area contributed by atoms with Crippen LogP contribution in [0.3, 0.4) is 0 Å². The summed E-state index contributed by atoms with van der Waals surface area (Å²) >= 11 is 12.0. The van der Waals surface area contributed by atoms with Crippen LogP contribution in [0, 0.1) is 24.0 Å². The van der Waals surface area contributed by atoms with Gasteiger partial charge < -0.3 is 10.6 Å². The zero-order valence-corrected chi connectivity index (χ0v) is 14.7. The molecule has 2 aromatic carbocycles.